The topological polar surface area (TPSA) is 9.23 Å². The van der Waals surface area contributed by atoms with Gasteiger partial charge < -0.3 is 4.74 Å². The predicted molar refractivity (Wildman–Crippen MR) is 69.2 cm³/mol. The second kappa shape index (κ2) is 7.39. The zero-order valence-corrected chi connectivity index (χ0v) is 14.6. The van der Waals surface area contributed by atoms with Gasteiger partial charge in [0.1, 0.15) is 0 Å². The summed E-state index contributed by atoms with van der Waals surface area (Å²) in [7, 11) is 0. The van der Waals surface area contributed by atoms with Gasteiger partial charge in [-0.05, 0) is 19.8 Å². The van der Waals surface area contributed by atoms with Crippen LogP contribution in [0.15, 0.2) is 16.7 Å². The molecule has 1 saturated heterocycles. The molecule has 0 N–H and O–H groups in total. The van der Waals surface area contributed by atoms with Crippen LogP contribution in [0.25, 0.3) is 0 Å². The van der Waals surface area contributed by atoms with Crippen molar-refractivity contribution in [1.29, 1.82) is 0 Å². The molecule has 1 heterocycles. The summed E-state index contributed by atoms with van der Waals surface area (Å²) in [5, 5.41) is 0. The van der Waals surface area contributed by atoms with E-state index >= 15 is 0 Å². The van der Waals surface area contributed by atoms with Crippen LogP contribution in [0.5, 0.6) is 0 Å². The maximum Gasteiger partial charge on any atom is 0.0547 e. The van der Waals surface area contributed by atoms with Crippen LogP contribution in [-0.4, -0.2) is 12.7 Å². The van der Waals surface area contributed by atoms with E-state index in [1.807, 2.05) is 0 Å². The molecule has 1 aliphatic heterocycles. The van der Waals surface area contributed by atoms with Crippen molar-refractivity contribution in [3.63, 3.8) is 0 Å². The molecule has 2 heteroatoms. The van der Waals surface area contributed by atoms with Crippen molar-refractivity contribution in [3.05, 3.63) is 22.8 Å². The molecule has 2 aliphatic rings. The molecule has 0 radical (unpaired) electrons. The molecule has 0 amide bonds. The quantitative estimate of drug-likeness (QED) is 0.577. The first kappa shape index (κ1) is 17.8. The third kappa shape index (κ3) is 5.11. The summed E-state index contributed by atoms with van der Waals surface area (Å²) in [4.78, 5) is 0. The Morgan fingerprint density at radius 3 is 1.94 bits per heavy atom. The summed E-state index contributed by atoms with van der Waals surface area (Å²) >= 11 is 0. The molecule has 0 bridgehead atoms. The fourth-order valence-corrected chi connectivity index (χ4v) is 2.14. The Bertz CT molecular complexity index is 307. The Morgan fingerprint density at radius 1 is 1.24 bits per heavy atom. The van der Waals surface area contributed by atoms with E-state index in [1.165, 1.54) is 29.6 Å². The average Bonchev–Trinajstić information content (AvgIpc) is 2.72. The predicted octanol–water partition coefficient (Wildman–Crippen LogP) is 4.30. The summed E-state index contributed by atoms with van der Waals surface area (Å²) in [6, 6.07) is 0. The number of ether oxygens (including phenoxy) is 1. The summed E-state index contributed by atoms with van der Waals surface area (Å²) in [5.74, 6) is 0. The molecule has 1 atom stereocenters. The molecule has 17 heavy (non-hydrogen) atoms. The molecule has 1 unspecified atom stereocenters. The van der Waals surface area contributed by atoms with E-state index in [0.717, 1.165) is 6.61 Å². The Kier molecular flexibility index (Phi) is 7.73. The Hall–Kier alpha value is 0.778. The van der Waals surface area contributed by atoms with Crippen LogP contribution >= 0.6 is 0 Å². The first-order chi connectivity index (χ1) is 7.34. The van der Waals surface area contributed by atoms with Crippen molar-refractivity contribution in [1.82, 2.24) is 0 Å². The zero-order valence-electron chi connectivity index (χ0n) is 12.0. The van der Waals surface area contributed by atoms with Gasteiger partial charge in [0, 0.05) is 47.0 Å². The molecule has 0 aromatic rings. The summed E-state index contributed by atoms with van der Waals surface area (Å²) in [6.45, 7) is 14.0. The Balaban J connectivity index is 0.000000316. The molecule has 0 saturated carbocycles. The van der Waals surface area contributed by atoms with Gasteiger partial charge in [0.25, 0.3) is 0 Å². The van der Waals surface area contributed by atoms with Gasteiger partial charge in [0.2, 0.25) is 0 Å². The van der Waals surface area contributed by atoms with Crippen LogP contribution in [0.3, 0.4) is 0 Å². The Morgan fingerprint density at radius 2 is 1.82 bits per heavy atom. The molecular formula is C15H25OSm-. The molecule has 2 rings (SSSR count). The monoisotopic (exact) mass is 373 g/mol. The van der Waals surface area contributed by atoms with Crippen molar-refractivity contribution >= 4 is 0 Å². The van der Waals surface area contributed by atoms with Crippen LogP contribution in [-0.2, 0) is 4.74 Å². The van der Waals surface area contributed by atoms with Crippen LogP contribution in [0.2, 0.25) is 0 Å². The van der Waals surface area contributed by atoms with Crippen LogP contribution in [0.4, 0.5) is 0 Å². The van der Waals surface area contributed by atoms with E-state index in [-0.39, 0.29) is 45.8 Å². The smallest absolute Gasteiger partial charge is 0.0547 e. The number of hydrogen-bond donors (Lipinski definition) is 0. The largest absolute Gasteiger partial charge is 0.379 e. The van der Waals surface area contributed by atoms with Gasteiger partial charge in [-0.3, -0.25) is 6.08 Å². The molecule has 1 aliphatic carbocycles. The fraction of sp³-hybridized carbons (Fsp3) is 0.733. The van der Waals surface area contributed by atoms with Crippen molar-refractivity contribution in [2.24, 2.45) is 5.41 Å². The van der Waals surface area contributed by atoms with Crippen molar-refractivity contribution in [2.45, 2.75) is 60.5 Å². The van der Waals surface area contributed by atoms with Gasteiger partial charge >= 0.3 is 0 Å². The zero-order chi connectivity index (χ0) is 12.3. The van der Waals surface area contributed by atoms with Gasteiger partial charge in [-0.2, -0.15) is 11.1 Å². The molecular weight excluding hydrogens is 347 g/mol. The molecule has 98 valence electrons. The van der Waals surface area contributed by atoms with E-state index in [1.54, 1.807) is 0 Å². The average molecular weight is 372 g/mol. The third-order valence-electron chi connectivity index (χ3n) is 3.72. The van der Waals surface area contributed by atoms with Gasteiger partial charge in [-0.15, -0.1) is 6.92 Å². The first-order valence-electron chi connectivity index (χ1n) is 6.26. The minimum Gasteiger partial charge on any atom is -0.379 e. The van der Waals surface area contributed by atoms with Crippen molar-refractivity contribution in [2.75, 3.05) is 6.61 Å². The van der Waals surface area contributed by atoms with Gasteiger partial charge in [0.15, 0.2) is 0 Å². The third-order valence-corrected chi connectivity index (χ3v) is 3.72. The summed E-state index contributed by atoms with van der Waals surface area (Å²) < 4.78 is 5.15. The van der Waals surface area contributed by atoms with E-state index < -0.39 is 0 Å². The maximum absolute atomic E-state index is 5.15. The molecule has 1 nitrogen and oxygen atoms in total. The minimum absolute atomic E-state index is 0. The summed E-state index contributed by atoms with van der Waals surface area (Å²) in [6.07, 6.45) is 6.51. The molecule has 0 aromatic carbocycles. The number of allylic oxidation sites excluding steroid dienone is 4. The first-order valence-corrected chi connectivity index (χ1v) is 6.26. The maximum atomic E-state index is 5.15. The molecule has 0 spiro atoms. The number of hydrogen-bond acceptors (Lipinski definition) is 1. The minimum atomic E-state index is 0. The van der Waals surface area contributed by atoms with Crippen LogP contribution in [0.1, 0.15) is 54.4 Å². The number of rotatable bonds is 0. The second-order valence-corrected chi connectivity index (χ2v) is 5.45. The normalized spacial score (nSPS) is 26.0. The molecule has 0 aromatic heterocycles. The molecule has 1 fully saturated rings. The van der Waals surface area contributed by atoms with Gasteiger partial charge in [0.05, 0.1) is 6.10 Å². The van der Waals surface area contributed by atoms with Crippen LogP contribution < -0.4 is 0 Å². The van der Waals surface area contributed by atoms with E-state index in [0.29, 0.717) is 6.10 Å². The van der Waals surface area contributed by atoms with Crippen molar-refractivity contribution in [3.8, 4) is 0 Å². The Labute approximate surface area is 139 Å². The van der Waals surface area contributed by atoms with Gasteiger partial charge in [-0.1, -0.05) is 33.1 Å². The van der Waals surface area contributed by atoms with Crippen LogP contribution in [0, 0.1) is 51.9 Å². The van der Waals surface area contributed by atoms with E-state index in [4.69, 9.17) is 4.74 Å². The second-order valence-electron chi connectivity index (χ2n) is 5.45. The summed E-state index contributed by atoms with van der Waals surface area (Å²) in [5.41, 5.74) is 4.39. The van der Waals surface area contributed by atoms with Gasteiger partial charge in [-0.25, -0.2) is 5.57 Å². The van der Waals surface area contributed by atoms with E-state index in [9.17, 15) is 0 Å². The van der Waals surface area contributed by atoms with E-state index in [2.05, 4.69) is 47.6 Å². The fourth-order valence-electron chi connectivity index (χ4n) is 2.14. The standard InChI is InChI=1S/C10H15.C5H10O.Sm/c1-7-6-10(4,5)9(3)8(7)2;1-5-3-2-4-6-5;/h1-5H3;5H,2-4H2,1H3;/q-1;;. The SMILES string of the molecule is CC1=[C-]C(C)(C)C(C)=C1C.CC1CCCO1.[Sm]. The van der Waals surface area contributed by atoms with Crippen molar-refractivity contribution < 1.29 is 45.1 Å².